The van der Waals surface area contributed by atoms with E-state index >= 15 is 0 Å². The van der Waals surface area contributed by atoms with Crippen molar-refractivity contribution in [1.82, 2.24) is 5.32 Å². The monoisotopic (exact) mass is 804 g/mol. The zero-order valence-corrected chi connectivity index (χ0v) is 36.1. The molecule has 9 nitrogen and oxygen atoms in total. The van der Waals surface area contributed by atoms with E-state index in [1.807, 2.05) is 6.08 Å². The molecule has 0 saturated carbocycles. The van der Waals surface area contributed by atoms with E-state index in [1.165, 1.54) is 96.3 Å². The Morgan fingerprint density at radius 1 is 0.596 bits per heavy atom. The molecule has 1 fully saturated rings. The van der Waals surface area contributed by atoms with Crippen molar-refractivity contribution in [2.75, 3.05) is 13.2 Å². The summed E-state index contributed by atoms with van der Waals surface area (Å²) in [6, 6.07) is -0.830. The quantitative estimate of drug-likeness (QED) is 0.0269. The number of amides is 1. The minimum Gasteiger partial charge on any atom is -0.394 e. The molecule has 1 saturated heterocycles. The number of ether oxygens (including phenoxy) is 2. The van der Waals surface area contributed by atoms with Gasteiger partial charge in [0.25, 0.3) is 0 Å². The number of nitrogens with one attached hydrogen (secondary N) is 1. The molecule has 330 valence electrons. The summed E-state index contributed by atoms with van der Waals surface area (Å²) in [5.41, 5.74) is 0. The molecule has 0 aliphatic carbocycles. The molecular formula is C48H85NO8. The van der Waals surface area contributed by atoms with Gasteiger partial charge < -0.3 is 40.3 Å². The van der Waals surface area contributed by atoms with Crippen molar-refractivity contribution < 1.29 is 39.8 Å². The average molecular weight is 804 g/mol. The number of rotatable bonds is 37. The largest absolute Gasteiger partial charge is 0.394 e. The van der Waals surface area contributed by atoms with Gasteiger partial charge in [0.1, 0.15) is 24.4 Å². The molecule has 6 N–H and O–H groups in total. The third kappa shape index (κ3) is 28.9. The van der Waals surface area contributed by atoms with E-state index in [1.54, 1.807) is 6.08 Å². The van der Waals surface area contributed by atoms with Crippen LogP contribution in [0, 0.1) is 0 Å². The number of hydrogen-bond acceptors (Lipinski definition) is 8. The Balaban J connectivity index is 2.40. The van der Waals surface area contributed by atoms with Gasteiger partial charge in [-0.3, -0.25) is 4.79 Å². The number of allylic oxidation sites excluding steroid dienone is 9. The fraction of sp³-hybridized carbons (Fsp3) is 0.771. The van der Waals surface area contributed by atoms with E-state index in [-0.39, 0.29) is 12.5 Å². The van der Waals surface area contributed by atoms with Crippen molar-refractivity contribution in [3.8, 4) is 0 Å². The second kappa shape index (κ2) is 38.1. The first kappa shape index (κ1) is 52.9. The molecule has 1 rings (SSSR count). The Kier molecular flexibility index (Phi) is 35.4. The molecular weight excluding hydrogens is 719 g/mol. The maximum absolute atomic E-state index is 12.9. The van der Waals surface area contributed by atoms with Gasteiger partial charge in [0.05, 0.1) is 25.4 Å². The lowest BCUT2D eigenvalue weighted by molar-refractivity contribution is -0.302. The lowest BCUT2D eigenvalue weighted by atomic mass is 9.99. The predicted molar refractivity (Wildman–Crippen MR) is 235 cm³/mol. The summed E-state index contributed by atoms with van der Waals surface area (Å²) in [6.07, 6.45) is 42.6. The van der Waals surface area contributed by atoms with Gasteiger partial charge >= 0.3 is 0 Å². The third-order valence-electron chi connectivity index (χ3n) is 10.6. The summed E-state index contributed by atoms with van der Waals surface area (Å²) in [5.74, 6) is -0.202. The van der Waals surface area contributed by atoms with Crippen molar-refractivity contribution in [3.63, 3.8) is 0 Å². The summed E-state index contributed by atoms with van der Waals surface area (Å²) < 4.78 is 11.2. The number of aliphatic hydroxyl groups is 5. The minimum absolute atomic E-state index is 0.202. The van der Waals surface area contributed by atoms with Crippen molar-refractivity contribution >= 4 is 5.91 Å². The van der Waals surface area contributed by atoms with Gasteiger partial charge in [0.15, 0.2) is 6.29 Å². The molecule has 7 unspecified atom stereocenters. The zero-order chi connectivity index (χ0) is 41.6. The van der Waals surface area contributed by atoms with Crippen LogP contribution >= 0.6 is 0 Å². The van der Waals surface area contributed by atoms with Crippen LogP contribution in [0.4, 0.5) is 0 Å². The van der Waals surface area contributed by atoms with Gasteiger partial charge in [-0.2, -0.15) is 0 Å². The van der Waals surface area contributed by atoms with Crippen molar-refractivity contribution in [2.24, 2.45) is 0 Å². The van der Waals surface area contributed by atoms with E-state index in [0.717, 1.165) is 64.2 Å². The molecule has 0 spiro atoms. The number of unbranched alkanes of at least 4 members (excludes halogenated alkanes) is 19. The molecule has 57 heavy (non-hydrogen) atoms. The SMILES string of the molecule is CCCCC/C=C\C/C=C\C/C=C\CCCCCCCCC(=O)NC(COC1OC(CO)C(O)C(O)C1O)C(O)/C=C/CC/C=C/CCCCCCCCCCC. The van der Waals surface area contributed by atoms with Gasteiger partial charge in [0, 0.05) is 6.42 Å². The number of aliphatic hydroxyl groups excluding tert-OH is 5. The van der Waals surface area contributed by atoms with Crippen molar-refractivity contribution in [2.45, 2.75) is 224 Å². The molecule has 0 aromatic carbocycles. The van der Waals surface area contributed by atoms with Crippen molar-refractivity contribution in [1.29, 1.82) is 0 Å². The smallest absolute Gasteiger partial charge is 0.220 e. The highest BCUT2D eigenvalue weighted by Gasteiger charge is 2.44. The molecule has 0 radical (unpaired) electrons. The first-order chi connectivity index (χ1) is 27.8. The van der Waals surface area contributed by atoms with Gasteiger partial charge in [-0.15, -0.1) is 0 Å². The van der Waals surface area contributed by atoms with Crippen LogP contribution in [0.25, 0.3) is 0 Å². The standard InChI is InChI=1S/C48H85NO8/c1-3-5-7-9-11-13-15-17-19-20-21-22-24-26-28-30-32-34-36-38-44(52)49-41(40-56-48-47(55)46(54)45(53)43(39-50)57-48)42(51)37-35-33-31-29-27-25-23-18-16-14-12-10-8-6-4-2/h11,13,17,19,21-22,27,29,35,37,41-43,45-48,50-51,53-55H,3-10,12,14-16,18,20,23-26,28,30-34,36,38-40H2,1-2H3,(H,49,52)/b13-11-,19-17-,22-21-,29-27+,37-35+. The van der Waals surface area contributed by atoms with E-state index in [2.05, 4.69) is 67.8 Å². The molecule has 0 aromatic heterocycles. The van der Waals surface area contributed by atoms with Crippen LogP contribution in [0.1, 0.15) is 181 Å². The van der Waals surface area contributed by atoms with E-state index < -0.39 is 49.5 Å². The van der Waals surface area contributed by atoms with E-state index in [4.69, 9.17) is 9.47 Å². The second-order valence-corrected chi connectivity index (χ2v) is 15.8. The molecule has 9 heteroatoms. The highest BCUT2D eigenvalue weighted by molar-refractivity contribution is 5.76. The highest BCUT2D eigenvalue weighted by Crippen LogP contribution is 2.22. The lowest BCUT2D eigenvalue weighted by Gasteiger charge is -2.40. The van der Waals surface area contributed by atoms with Crippen molar-refractivity contribution in [3.05, 3.63) is 60.8 Å². The zero-order valence-electron chi connectivity index (χ0n) is 36.1. The van der Waals surface area contributed by atoms with Crippen LogP contribution in [-0.4, -0.2) is 87.5 Å². The first-order valence-corrected chi connectivity index (χ1v) is 23.0. The van der Waals surface area contributed by atoms with Crippen LogP contribution in [0.15, 0.2) is 60.8 Å². The Morgan fingerprint density at radius 2 is 1.05 bits per heavy atom. The predicted octanol–water partition coefficient (Wildman–Crippen LogP) is 9.61. The minimum atomic E-state index is -1.58. The van der Waals surface area contributed by atoms with Gasteiger partial charge in [-0.1, -0.05) is 164 Å². The third-order valence-corrected chi connectivity index (χ3v) is 10.6. The molecule has 1 aliphatic rings. The van der Waals surface area contributed by atoms with Crippen LogP contribution in [0.2, 0.25) is 0 Å². The number of carbonyl (C=O) groups is 1. The molecule has 7 atom stereocenters. The normalized spacial score (nSPS) is 21.6. The maximum Gasteiger partial charge on any atom is 0.220 e. The first-order valence-electron chi connectivity index (χ1n) is 23.0. The average Bonchev–Trinajstić information content (AvgIpc) is 3.21. The fourth-order valence-corrected chi connectivity index (χ4v) is 6.82. The van der Waals surface area contributed by atoms with Crippen LogP contribution in [-0.2, 0) is 14.3 Å². The van der Waals surface area contributed by atoms with E-state index in [9.17, 15) is 30.3 Å². The Hall–Kier alpha value is -2.11. The Labute approximate surface area is 347 Å². The highest BCUT2D eigenvalue weighted by atomic mass is 16.7. The van der Waals surface area contributed by atoms with E-state index in [0.29, 0.717) is 6.42 Å². The fourth-order valence-electron chi connectivity index (χ4n) is 6.82. The Morgan fingerprint density at radius 3 is 1.63 bits per heavy atom. The summed E-state index contributed by atoms with van der Waals surface area (Å²) in [7, 11) is 0. The van der Waals surface area contributed by atoms with Gasteiger partial charge in [-0.25, -0.2) is 0 Å². The summed E-state index contributed by atoms with van der Waals surface area (Å²) >= 11 is 0. The summed E-state index contributed by atoms with van der Waals surface area (Å²) in [5, 5.41) is 54.1. The topological polar surface area (TPSA) is 149 Å². The molecule has 0 aromatic rings. The van der Waals surface area contributed by atoms with Gasteiger partial charge in [0.2, 0.25) is 5.91 Å². The molecule has 1 amide bonds. The lowest BCUT2D eigenvalue weighted by Crippen LogP contribution is -2.60. The molecule has 0 bridgehead atoms. The van der Waals surface area contributed by atoms with Gasteiger partial charge in [-0.05, 0) is 70.6 Å². The second-order valence-electron chi connectivity index (χ2n) is 15.8. The molecule has 1 aliphatic heterocycles. The summed E-state index contributed by atoms with van der Waals surface area (Å²) in [6.45, 7) is 3.70. The van der Waals surface area contributed by atoms with Crippen LogP contribution < -0.4 is 5.32 Å². The number of hydrogen-bond donors (Lipinski definition) is 6. The molecule has 1 heterocycles. The maximum atomic E-state index is 12.9. The number of carbonyl (C=O) groups excluding carboxylic acids is 1. The Bertz CT molecular complexity index is 1070. The van der Waals surface area contributed by atoms with Crippen LogP contribution in [0.5, 0.6) is 0 Å². The van der Waals surface area contributed by atoms with Crippen LogP contribution in [0.3, 0.4) is 0 Å². The summed E-state index contributed by atoms with van der Waals surface area (Å²) in [4.78, 5) is 12.9.